The number of rotatable bonds is 3. The fourth-order valence-corrected chi connectivity index (χ4v) is 2.76. The molecule has 0 bridgehead atoms. The number of benzene rings is 1. The van der Waals surface area contributed by atoms with Gasteiger partial charge in [0, 0.05) is 30.5 Å². The molecule has 0 aliphatic carbocycles. The lowest BCUT2D eigenvalue weighted by molar-refractivity contribution is -0.131. The van der Waals surface area contributed by atoms with Crippen molar-refractivity contribution in [3.63, 3.8) is 0 Å². The van der Waals surface area contributed by atoms with Crippen LogP contribution in [-0.2, 0) is 11.2 Å². The molecule has 1 heterocycles. The van der Waals surface area contributed by atoms with Crippen LogP contribution in [0.5, 0.6) is 0 Å². The second-order valence-electron chi connectivity index (χ2n) is 5.05. The molecule has 0 aromatic heterocycles. The van der Waals surface area contributed by atoms with Gasteiger partial charge in [0.1, 0.15) is 0 Å². The van der Waals surface area contributed by atoms with Crippen molar-refractivity contribution >= 4 is 23.2 Å². The fourth-order valence-electron chi connectivity index (χ4n) is 2.56. The van der Waals surface area contributed by atoms with Gasteiger partial charge >= 0.3 is 0 Å². The lowest BCUT2D eigenvalue weighted by Gasteiger charge is -2.33. The maximum absolute atomic E-state index is 12.3. The molecule has 20 heavy (non-hydrogen) atoms. The van der Waals surface area contributed by atoms with Gasteiger partial charge in [0.15, 0.2) is 0 Å². The Balaban J connectivity index is 2.02. The third-order valence-corrected chi connectivity index (χ3v) is 4.19. The third-order valence-electron chi connectivity index (χ3n) is 3.82. The van der Waals surface area contributed by atoms with E-state index >= 15 is 0 Å². The van der Waals surface area contributed by atoms with Gasteiger partial charge in [-0.25, -0.2) is 0 Å². The largest absolute Gasteiger partial charge is 0.411 e. The molecule has 1 aromatic rings. The Morgan fingerprint density at radius 1 is 1.50 bits per heavy atom. The van der Waals surface area contributed by atoms with Crippen molar-refractivity contribution in [1.82, 2.24) is 4.90 Å². The number of likely N-dealkylation sites (tertiary alicyclic amines) is 1. The highest BCUT2D eigenvalue weighted by molar-refractivity contribution is 6.31. The third kappa shape index (κ3) is 3.31. The summed E-state index contributed by atoms with van der Waals surface area (Å²) in [6.45, 7) is 3.27. The molecular weight excluding hydrogens is 276 g/mol. The molecule has 0 radical (unpaired) electrons. The summed E-state index contributed by atoms with van der Waals surface area (Å²) in [6.07, 6.45) is 1.83. The van der Waals surface area contributed by atoms with E-state index < -0.39 is 0 Å². The first kappa shape index (κ1) is 14.9. The zero-order valence-electron chi connectivity index (χ0n) is 11.6. The second kappa shape index (κ2) is 6.75. The van der Waals surface area contributed by atoms with E-state index in [0.717, 1.165) is 17.7 Å². The topological polar surface area (TPSA) is 52.9 Å². The van der Waals surface area contributed by atoms with Crippen LogP contribution in [0.15, 0.2) is 29.4 Å². The molecule has 1 amide bonds. The Morgan fingerprint density at radius 3 is 2.90 bits per heavy atom. The van der Waals surface area contributed by atoms with Gasteiger partial charge in [-0.2, -0.15) is 0 Å². The smallest absolute Gasteiger partial charge is 0.227 e. The van der Waals surface area contributed by atoms with Crippen LogP contribution in [0.3, 0.4) is 0 Å². The second-order valence-corrected chi connectivity index (χ2v) is 5.46. The summed E-state index contributed by atoms with van der Waals surface area (Å²) in [5, 5.41) is 12.9. The first-order valence-electron chi connectivity index (χ1n) is 6.87. The maximum atomic E-state index is 12.3. The van der Waals surface area contributed by atoms with Crippen molar-refractivity contribution < 1.29 is 10.0 Å². The SMILES string of the molecule is CCC1CN(C(=O)Cc2ccccc2Cl)CC/C1=N\O. The van der Waals surface area contributed by atoms with E-state index in [0.29, 0.717) is 31.0 Å². The Morgan fingerprint density at radius 2 is 2.25 bits per heavy atom. The van der Waals surface area contributed by atoms with Crippen LogP contribution >= 0.6 is 11.6 Å². The first-order valence-corrected chi connectivity index (χ1v) is 7.25. The number of halogens is 1. The molecule has 1 N–H and O–H groups in total. The van der Waals surface area contributed by atoms with Gasteiger partial charge in [-0.1, -0.05) is 41.9 Å². The predicted octanol–water partition coefficient (Wildman–Crippen LogP) is 2.97. The van der Waals surface area contributed by atoms with Crippen LogP contribution in [0.2, 0.25) is 5.02 Å². The minimum absolute atomic E-state index is 0.0774. The minimum Gasteiger partial charge on any atom is -0.411 e. The highest BCUT2D eigenvalue weighted by Crippen LogP contribution is 2.20. The molecule has 1 fully saturated rings. The number of nitrogens with zero attached hydrogens (tertiary/aromatic N) is 2. The van der Waals surface area contributed by atoms with Crippen molar-refractivity contribution in [2.24, 2.45) is 11.1 Å². The molecule has 1 aromatic carbocycles. The van der Waals surface area contributed by atoms with E-state index in [9.17, 15) is 4.79 Å². The number of hydrogen-bond acceptors (Lipinski definition) is 3. The van der Waals surface area contributed by atoms with E-state index in [4.69, 9.17) is 16.8 Å². The van der Waals surface area contributed by atoms with Crippen LogP contribution < -0.4 is 0 Å². The Kier molecular flexibility index (Phi) is 5.01. The quantitative estimate of drug-likeness (QED) is 0.688. The van der Waals surface area contributed by atoms with Crippen LogP contribution in [0.25, 0.3) is 0 Å². The summed E-state index contributed by atoms with van der Waals surface area (Å²) in [5.74, 6) is 0.234. The molecule has 1 aliphatic heterocycles. The molecule has 1 aliphatic rings. The van der Waals surface area contributed by atoms with Crippen LogP contribution in [0.1, 0.15) is 25.3 Å². The summed E-state index contributed by atoms with van der Waals surface area (Å²) >= 11 is 6.09. The molecule has 1 atom stereocenters. The summed E-state index contributed by atoms with van der Waals surface area (Å²) in [4.78, 5) is 14.2. The zero-order valence-corrected chi connectivity index (χ0v) is 12.3. The average molecular weight is 295 g/mol. The monoisotopic (exact) mass is 294 g/mol. The zero-order chi connectivity index (χ0) is 14.5. The predicted molar refractivity (Wildman–Crippen MR) is 79.4 cm³/mol. The fraction of sp³-hybridized carbons (Fsp3) is 0.467. The van der Waals surface area contributed by atoms with Crippen molar-refractivity contribution in [3.8, 4) is 0 Å². The van der Waals surface area contributed by atoms with E-state index in [1.807, 2.05) is 30.0 Å². The van der Waals surface area contributed by atoms with Crippen LogP contribution in [0, 0.1) is 5.92 Å². The molecule has 2 rings (SSSR count). The van der Waals surface area contributed by atoms with Gasteiger partial charge in [-0.3, -0.25) is 4.79 Å². The molecule has 5 heteroatoms. The Bertz CT molecular complexity index is 516. The Labute approximate surface area is 124 Å². The average Bonchev–Trinajstić information content (AvgIpc) is 2.48. The molecule has 1 unspecified atom stereocenters. The molecule has 4 nitrogen and oxygen atoms in total. The number of oxime groups is 1. The molecule has 1 saturated heterocycles. The van der Waals surface area contributed by atoms with Crippen molar-refractivity contribution in [2.75, 3.05) is 13.1 Å². The van der Waals surface area contributed by atoms with Gasteiger partial charge in [0.05, 0.1) is 12.1 Å². The van der Waals surface area contributed by atoms with Gasteiger partial charge in [0.2, 0.25) is 5.91 Å². The van der Waals surface area contributed by atoms with E-state index in [2.05, 4.69) is 5.16 Å². The highest BCUT2D eigenvalue weighted by Gasteiger charge is 2.27. The van der Waals surface area contributed by atoms with Gasteiger partial charge in [0.25, 0.3) is 0 Å². The van der Waals surface area contributed by atoms with Crippen molar-refractivity contribution in [2.45, 2.75) is 26.2 Å². The molecule has 0 spiro atoms. The molecule has 0 saturated carbocycles. The van der Waals surface area contributed by atoms with Gasteiger partial charge < -0.3 is 10.1 Å². The minimum atomic E-state index is 0.0774. The number of carbonyl (C=O) groups excluding carboxylic acids is 1. The molecular formula is C15H19ClN2O2. The van der Waals surface area contributed by atoms with Crippen LogP contribution in [0.4, 0.5) is 0 Å². The lowest BCUT2D eigenvalue weighted by atomic mass is 9.93. The van der Waals surface area contributed by atoms with E-state index in [1.54, 1.807) is 6.07 Å². The van der Waals surface area contributed by atoms with Crippen molar-refractivity contribution in [3.05, 3.63) is 34.9 Å². The standard InChI is InChI=1S/C15H19ClN2O2/c1-2-11-10-18(8-7-14(11)17-20)15(19)9-12-5-3-4-6-13(12)16/h3-6,11,20H,2,7-10H2,1H3/b17-14+. The van der Waals surface area contributed by atoms with E-state index in [-0.39, 0.29) is 11.8 Å². The van der Waals surface area contributed by atoms with Crippen molar-refractivity contribution in [1.29, 1.82) is 0 Å². The summed E-state index contributed by atoms with van der Waals surface area (Å²) in [7, 11) is 0. The number of amides is 1. The molecule has 108 valence electrons. The Hall–Kier alpha value is -1.55. The van der Waals surface area contributed by atoms with Crippen LogP contribution in [-0.4, -0.2) is 34.8 Å². The van der Waals surface area contributed by atoms with Gasteiger partial charge in [-0.05, 0) is 18.1 Å². The summed E-state index contributed by atoms with van der Waals surface area (Å²) in [6, 6.07) is 7.41. The first-order chi connectivity index (χ1) is 9.65. The lowest BCUT2D eigenvalue weighted by Crippen LogP contribution is -2.44. The maximum Gasteiger partial charge on any atom is 0.227 e. The highest BCUT2D eigenvalue weighted by atomic mass is 35.5. The summed E-state index contributed by atoms with van der Waals surface area (Å²) < 4.78 is 0. The number of hydrogen-bond donors (Lipinski definition) is 1. The van der Waals surface area contributed by atoms with E-state index in [1.165, 1.54) is 0 Å². The normalized spacial score (nSPS) is 21.2. The number of piperidine rings is 1. The van der Waals surface area contributed by atoms with Gasteiger partial charge in [-0.15, -0.1) is 0 Å². The summed E-state index contributed by atoms with van der Waals surface area (Å²) in [5.41, 5.74) is 1.66. The number of carbonyl (C=O) groups is 1.